The summed E-state index contributed by atoms with van der Waals surface area (Å²) in [7, 11) is 0. The number of halogens is 1. The van der Waals surface area contributed by atoms with Gasteiger partial charge in [-0.05, 0) is 63.7 Å². The van der Waals surface area contributed by atoms with Crippen LogP contribution in [0, 0.1) is 0 Å². The number of benzene rings is 5. The lowest BCUT2D eigenvalue weighted by atomic mass is 9.67. The highest BCUT2D eigenvalue weighted by Crippen LogP contribution is 2.57. The summed E-state index contributed by atoms with van der Waals surface area (Å²) in [6.45, 7) is 0. The molecule has 0 radical (unpaired) electrons. The number of nitrogens with one attached hydrogen (secondary N) is 1. The van der Waals surface area contributed by atoms with Crippen LogP contribution in [0.4, 0.5) is 0 Å². The van der Waals surface area contributed by atoms with Gasteiger partial charge in [0.2, 0.25) is 0 Å². The lowest BCUT2D eigenvalue weighted by Crippen LogP contribution is -2.28. The average molecular weight is 442 g/mol. The summed E-state index contributed by atoms with van der Waals surface area (Å²) >= 11 is 6.37. The minimum absolute atomic E-state index is 0.377. The summed E-state index contributed by atoms with van der Waals surface area (Å²) in [5, 5.41) is 3.12. The van der Waals surface area contributed by atoms with Crippen LogP contribution in [0.25, 0.3) is 32.9 Å². The Kier molecular flexibility index (Phi) is 3.88. The van der Waals surface area contributed by atoms with Gasteiger partial charge in [0.25, 0.3) is 0 Å². The Hall–Kier alpha value is -3.81. The summed E-state index contributed by atoms with van der Waals surface area (Å²) < 4.78 is 0. The quantitative estimate of drug-likeness (QED) is 0.277. The van der Waals surface area contributed by atoms with Crippen molar-refractivity contribution in [1.29, 1.82) is 0 Å². The number of aromatic nitrogens is 1. The van der Waals surface area contributed by atoms with Crippen LogP contribution in [0.2, 0.25) is 5.02 Å². The van der Waals surface area contributed by atoms with Gasteiger partial charge >= 0.3 is 0 Å². The first kappa shape index (κ1) is 18.7. The molecule has 33 heavy (non-hydrogen) atoms. The van der Waals surface area contributed by atoms with Crippen LogP contribution in [0.3, 0.4) is 0 Å². The van der Waals surface area contributed by atoms with Crippen molar-refractivity contribution in [1.82, 2.24) is 4.98 Å². The summed E-state index contributed by atoms with van der Waals surface area (Å²) in [4.78, 5) is 3.64. The fourth-order valence-electron chi connectivity index (χ4n) is 5.81. The zero-order valence-corrected chi connectivity index (χ0v) is 18.6. The van der Waals surface area contributed by atoms with Crippen molar-refractivity contribution < 1.29 is 0 Å². The van der Waals surface area contributed by atoms with Crippen LogP contribution >= 0.6 is 11.6 Å². The molecule has 1 aliphatic carbocycles. The molecule has 1 N–H and O–H groups in total. The van der Waals surface area contributed by atoms with E-state index in [0.717, 1.165) is 21.4 Å². The second-order valence-electron chi connectivity index (χ2n) is 8.79. The van der Waals surface area contributed by atoms with Crippen LogP contribution in [-0.2, 0) is 5.41 Å². The van der Waals surface area contributed by atoms with Gasteiger partial charge in [-0.25, -0.2) is 0 Å². The zero-order valence-electron chi connectivity index (χ0n) is 17.8. The maximum absolute atomic E-state index is 6.37. The molecule has 5 aromatic carbocycles. The number of aromatic amines is 1. The fraction of sp³-hybridized carbons (Fsp3) is 0.0323. The van der Waals surface area contributed by atoms with Crippen molar-refractivity contribution in [3.63, 3.8) is 0 Å². The maximum atomic E-state index is 6.37. The molecule has 1 aromatic heterocycles. The van der Waals surface area contributed by atoms with Gasteiger partial charge < -0.3 is 4.98 Å². The van der Waals surface area contributed by atoms with Gasteiger partial charge in [0.05, 0.1) is 5.41 Å². The molecule has 0 atom stereocenters. The Balaban J connectivity index is 1.68. The standard InChI is InChI=1S/C31H20ClN/c32-22-15-16-29-25(17-22)26-18-24-23-13-7-8-14-27(23)31(20-9-3-1-4-10-20,21-11-5-2-6-12-21)28(24)19-30(26)33-29/h1-19,33H. The van der Waals surface area contributed by atoms with Crippen molar-refractivity contribution >= 4 is 33.4 Å². The number of hydrogen-bond acceptors (Lipinski definition) is 0. The summed E-state index contributed by atoms with van der Waals surface area (Å²) in [5.41, 5.74) is 9.63. The van der Waals surface area contributed by atoms with Gasteiger partial charge in [-0.3, -0.25) is 0 Å². The van der Waals surface area contributed by atoms with Crippen LogP contribution in [0.1, 0.15) is 22.3 Å². The Labute approximate surface area is 197 Å². The fourth-order valence-corrected chi connectivity index (χ4v) is 5.98. The molecule has 2 heteroatoms. The minimum atomic E-state index is -0.377. The van der Waals surface area contributed by atoms with E-state index in [0.29, 0.717) is 0 Å². The first-order valence-corrected chi connectivity index (χ1v) is 11.6. The summed E-state index contributed by atoms with van der Waals surface area (Å²) in [6, 6.07) is 41.4. The minimum Gasteiger partial charge on any atom is -0.354 e. The molecule has 0 spiro atoms. The van der Waals surface area contributed by atoms with Crippen LogP contribution in [0.15, 0.2) is 115 Å². The Bertz CT molecular complexity index is 1620. The Morgan fingerprint density at radius 3 is 1.88 bits per heavy atom. The SMILES string of the molecule is Clc1ccc2[nH]c3cc4c(cc3c2c1)-c1ccccc1C4(c1ccccc1)c1ccccc1. The van der Waals surface area contributed by atoms with E-state index in [4.69, 9.17) is 11.6 Å². The molecule has 0 fully saturated rings. The van der Waals surface area contributed by atoms with Gasteiger partial charge in [0, 0.05) is 26.8 Å². The molecule has 0 unspecified atom stereocenters. The third-order valence-corrected chi connectivity index (χ3v) is 7.37. The number of rotatable bonds is 2. The highest BCUT2D eigenvalue weighted by molar-refractivity contribution is 6.31. The average Bonchev–Trinajstić information content (AvgIpc) is 3.36. The van der Waals surface area contributed by atoms with E-state index in [1.165, 1.54) is 38.8 Å². The normalized spacial score (nSPS) is 13.8. The lowest BCUT2D eigenvalue weighted by Gasteiger charge is -2.33. The maximum Gasteiger partial charge on any atom is 0.0714 e. The largest absolute Gasteiger partial charge is 0.354 e. The van der Waals surface area contributed by atoms with Gasteiger partial charge in [-0.1, -0.05) is 96.5 Å². The second-order valence-corrected chi connectivity index (χ2v) is 9.22. The van der Waals surface area contributed by atoms with Crippen molar-refractivity contribution in [2.75, 3.05) is 0 Å². The molecule has 0 saturated carbocycles. The van der Waals surface area contributed by atoms with Gasteiger partial charge in [0.1, 0.15) is 0 Å². The highest BCUT2D eigenvalue weighted by Gasteiger charge is 2.46. The number of fused-ring (bicyclic) bond motifs is 6. The molecule has 7 rings (SSSR count). The monoisotopic (exact) mass is 441 g/mol. The van der Waals surface area contributed by atoms with Crippen molar-refractivity contribution in [3.05, 3.63) is 143 Å². The molecule has 156 valence electrons. The third-order valence-electron chi connectivity index (χ3n) is 7.14. The smallest absolute Gasteiger partial charge is 0.0714 e. The van der Waals surface area contributed by atoms with Crippen LogP contribution in [0.5, 0.6) is 0 Å². The van der Waals surface area contributed by atoms with E-state index in [1.807, 2.05) is 6.07 Å². The van der Waals surface area contributed by atoms with E-state index >= 15 is 0 Å². The third kappa shape index (κ3) is 2.49. The summed E-state index contributed by atoms with van der Waals surface area (Å²) in [5.74, 6) is 0. The lowest BCUT2D eigenvalue weighted by molar-refractivity contribution is 0.769. The molecule has 0 aliphatic heterocycles. The van der Waals surface area contributed by atoms with Gasteiger partial charge in [-0.15, -0.1) is 0 Å². The van der Waals surface area contributed by atoms with E-state index in [-0.39, 0.29) is 5.41 Å². The topological polar surface area (TPSA) is 15.8 Å². The molecule has 0 amide bonds. The van der Waals surface area contributed by atoms with Crippen molar-refractivity contribution in [3.8, 4) is 11.1 Å². The van der Waals surface area contributed by atoms with Gasteiger partial charge in [-0.2, -0.15) is 0 Å². The zero-order chi connectivity index (χ0) is 22.0. The highest BCUT2D eigenvalue weighted by atomic mass is 35.5. The van der Waals surface area contributed by atoms with Gasteiger partial charge in [0.15, 0.2) is 0 Å². The predicted molar refractivity (Wildman–Crippen MR) is 138 cm³/mol. The van der Waals surface area contributed by atoms with E-state index in [2.05, 4.69) is 114 Å². The van der Waals surface area contributed by atoms with Crippen LogP contribution in [-0.4, -0.2) is 4.98 Å². The molecule has 1 nitrogen and oxygen atoms in total. The molecular formula is C31H20ClN. The van der Waals surface area contributed by atoms with Crippen LogP contribution < -0.4 is 0 Å². The number of hydrogen-bond donors (Lipinski definition) is 1. The molecule has 0 saturated heterocycles. The van der Waals surface area contributed by atoms with E-state index < -0.39 is 0 Å². The molecule has 1 heterocycles. The van der Waals surface area contributed by atoms with Crippen molar-refractivity contribution in [2.24, 2.45) is 0 Å². The first-order chi connectivity index (χ1) is 16.3. The van der Waals surface area contributed by atoms with E-state index in [1.54, 1.807) is 0 Å². The second kappa shape index (κ2) is 6.84. The summed E-state index contributed by atoms with van der Waals surface area (Å²) in [6.07, 6.45) is 0. The Morgan fingerprint density at radius 2 is 1.15 bits per heavy atom. The Morgan fingerprint density at radius 1 is 0.515 bits per heavy atom. The molecule has 0 bridgehead atoms. The number of H-pyrrole nitrogens is 1. The molecule has 6 aromatic rings. The van der Waals surface area contributed by atoms with Crippen molar-refractivity contribution in [2.45, 2.75) is 5.41 Å². The molecular weight excluding hydrogens is 422 g/mol. The predicted octanol–water partition coefficient (Wildman–Crippen LogP) is 8.34. The van der Waals surface area contributed by atoms with E-state index in [9.17, 15) is 0 Å². The first-order valence-electron chi connectivity index (χ1n) is 11.2. The molecule has 1 aliphatic rings.